The van der Waals surface area contributed by atoms with Crippen molar-refractivity contribution in [3.05, 3.63) is 0 Å². The lowest BCUT2D eigenvalue weighted by Gasteiger charge is -2.29. The van der Waals surface area contributed by atoms with Gasteiger partial charge in [0.1, 0.15) is 11.2 Å². The molecular formula is C36H66N2O10. The lowest BCUT2D eigenvalue weighted by Crippen LogP contribution is -2.47. The molecule has 0 aliphatic carbocycles. The van der Waals surface area contributed by atoms with Crippen LogP contribution in [0.5, 0.6) is 0 Å². The smallest absolute Gasteiger partial charge is 0.320 e. The van der Waals surface area contributed by atoms with Crippen LogP contribution in [-0.2, 0) is 38.2 Å². The number of ether oxygens (including phenoxy) is 3. The van der Waals surface area contributed by atoms with E-state index in [-0.39, 0.29) is 44.4 Å². The zero-order valence-electron chi connectivity index (χ0n) is 31.0. The number of nitrogens with zero attached hydrogens (tertiary/aromatic N) is 2. The Morgan fingerprint density at radius 2 is 1.17 bits per heavy atom. The number of unbranched alkanes of at least 4 members (excludes halogenated alkanes) is 6. The summed E-state index contributed by atoms with van der Waals surface area (Å²) in [7, 11) is 0. The maximum Gasteiger partial charge on any atom is 0.320 e. The second-order valence-corrected chi connectivity index (χ2v) is 13.7. The average molecular weight is 687 g/mol. The van der Waals surface area contributed by atoms with Crippen LogP contribution in [0.25, 0.3) is 0 Å². The molecule has 12 heteroatoms. The molecule has 0 fully saturated rings. The summed E-state index contributed by atoms with van der Waals surface area (Å²) in [5.41, 5.74) is -1.94. The second kappa shape index (κ2) is 25.5. The summed E-state index contributed by atoms with van der Waals surface area (Å²) >= 11 is 0. The van der Waals surface area contributed by atoms with Crippen molar-refractivity contribution in [2.24, 2.45) is 5.92 Å². The molecule has 0 rings (SSSR count). The Bertz CT molecular complexity index is 953. The number of carbonyl (C=O) groups excluding carboxylic acids is 3. The summed E-state index contributed by atoms with van der Waals surface area (Å²) in [5.74, 6) is -2.66. The van der Waals surface area contributed by atoms with E-state index in [1.807, 2.05) is 13.8 Å². The van der Waals surface area contributed by atoms with Crippen LogP contribution in [0.2, 0.25) is 0 Å². The van der Waals surface area contributed by atoms with Gasteiger partial charge in [-0.25, -0.2) is 0 Å². The first-order chi connectivity index (χ1) is 22.6. The standard InChI is InChI=1S/C36H66N2O10/c1-8-11-13-17-23-47-36(6,7)31(40)24-37(25-32(41)42)20-21-38(26-33(43)44)27-34(45)46-22-16-14-15-19-30(39)35(4,5)48-28-29(10-3)18-12-9-2/h29H,8-28H2,1-7H3,(H,41,42)(H,43,44). The monoisotopic (exact) mass is 686 g/mol. The Morgan fingerprint density at radius 3 is 1.73 bits per heavy atom. The van der Waals surface area contributed by atoms with Crippen LogP contribution >= 0.6 is 0 Å². The topological polar surface area (TPSA) is 160 Å². The first-order valence-corrected chi connectivity index (χ1v) is 18.0. The zero-order chi connectivity index (χ0) is 36.6. The van der Waals surface area contributed by atoms with Gasteiger partial charge in [-0.3, -0.25) is 33.8 Å². The number of ketones is 2. The van der Waals surface area contributed by atoms with Gasteiger partial charge in [0.2, 0.25) is 0 Å². The quantitative estimate of drug-likeness (QED) is 0.0687. The third kappa shape index (κ3) is 22.3. The third-order valence-corrected chi connectivity index (χ3v) is 8.51. The third-order valence-electron chi connectivity index (χ3n) is 8.51. The van der Waals surface area contributed by atoms with Crippen molar-refractivity contribution >= 4 is 29.5 Å². The highest BCUT2D eigenvalue weighted by Crippen LogP contribution is 2.20. The molecule has 0 aliphatic heterocycles. The van der Waals surface area contributed by atoms with E-state index in [0.29, 0.717) is 44.8 Å². The van der Waals surface area contributed by atoms with Crippen LogP contribution in [0.15, 0.2) is 0 Å². The summed E-state index contributed by atoms with van der Waals surface area (Å²) < 4.78 is 17.1. The molecule has 1 atom stereocenters. The molecule has 48 heavy (non-hydrogen) atoms. The van der Waals surface area contributed by atoms with Gasteiger partial charge in [0.25, 0.3) is 0 Å². The van der Waals surface area contributed by atoms with Gasteiger partial charge in [-0.05, 0) is 65.7 Å². The maximum atomic E-state index is 13.0. The van der Waals surface area contributed by atoms with Gasteiger partial charge in [0.15, 0.2) is 11.6 Å². The number of aliphatic carboxylic acids is 2. The highest BCUT2D eigenvalue weighted by Gasteiger charge is 2.31. The van der Waals surface area contributed by atoms with Crippen LogP contribution in [-0.4, -0.2) is 120 Å². The molecule has 280 valence electrons. The van der Waals surface area contributed by atoms with Crippen molar-refractivity contribution in [2.75, 3.05) is 59.1 Å². The molecule has 0 aliphatic rings. The van der Waals surface area contributed by atoms with E-state index in [2.05, 4.69) is 20.8 Å². The van der Waals surface area contributed by atoms with E-state index in [1.54, 1.807) is 13.8 Å². The molecule has 0 amide bonds. The van der Waals surface area contributed by atoms with Crippen molar-refractivity contribution < 1.29 is 48.4 Å². The van der Waals surface area contributed by atoms with Gasteiger partial charge in [0.05, 0.1) is 39.4 Å². The zero-order valence-corrected chi connectivity index (χ0v) is 31.0. The fourth-order valence-corrected chi connectivity index (χ4v) is 5.01. The summed E-state index contributed by atoms with van der Waals surface area (Å²) in [6.45, 7) is 13.2. The largest absolute Gasteiger partial charge is 0.480 e. The maximum absolute atomic E-state index is 13.0. The van der Waals surface area contributed by atoms with Gasteiger partial charge in [0, 0.05) is 26.1 Å². The van der Waals surface area contributed by atoms with Crippen molar-refractivity contribution in [3.8, 4) is 0 Å². The molecule has 0 aromatic heterocycles. The van der Waals surface area contributed by atoms with E-state index in [0.717, 1.165) is 51.4 Å². The molecule has 0 radical (unpaired) electrons. The average Bonchev–Trinajstić information content (AvgIpc) is 3.00. The van der Waals surface area contributed by atoms with Crippen molar-refractivity contribution in [2.45, 2.75) is 137 Å². The molecule has 0 aromatic carbocycles. The number of carboxylic acids is 2. The fourth-order valence-electron chi connectivity index (χ4n) is 5.01. The molecular weight excluding hydrogens is 620 g/mol. The molecule has 0 saturated heterocycles. The van der Waals surface area contributed by atoms with Gasteiger partial charge < -0.3 is 24.4 Å². The Morgan fingerprint density at radius 1 is 0.625 bits per heavy atom. The highest BCUT2D eigenvalue weighted by atomic mass is 16.5. The lowest BCUT2D eigenvalue weighted by molar-refractivity contribution is -0.148. The summed E-state index contributed by atoms with van der Waals surface area (Å²) in [5, 5.41) is 18.8. The predicted molar refractivity (Wildman–Crippen MR) is 185 cm³/mol. The summed E-state index contributed by atoms with van der Waals surface area (Å²) in [4.78, 5) is 64.0. The highest BCUT2D eigenvalue weighted by molar-refractivity contribution is 5.88. The molecule has 0 heterocycles. The molecule has 0 spiro atoms. The molecule has 1 unspecified atom stereocenters. The van der Waals surface area contributed by atoms with Gasteiger partial charge in [-0.2, -0.15) is 0 Å². The van der Waals surface area contributed by atoms with Crippen LogP contribution < -0.4 is 0 Å². The van der Waals surface area contributed by atoms with Crippen LogP contribution in [0.4, 0.5) is 0 Å². The molecule has 0 bridgehead atoms. The molecule has 12 nitrogen and oxygen atoms in total. The van der Waals surface area contributed by atoms with Gasteiger partial charge >= 0.3 is 17.9 Å². The minimum atomic E-state index is -1.15. The number of hydrogen-bond acceptors (Lipinski definition) is 10. The lowest BCUT2D eigenvalue weighted by atomic mass is 9.96. The normalized spacial score (nSPS) is 12.8. The Hall–Kier alpha value is -2.41. The number of rotatable bonds is 32. The van der Waals surface area contributed by atoms with E-state index in [4.69, 9.17) is 14.2 Å². The van der Waals surface area contributed by atoms with Crippen molar-refractivity contribution in [1.29, 1.82) is 0 Å². The van der Waals surface area contributed by atoms with E-state index >= 15 is 0 Å². The first-order valence-electron chi connectivity index (χ1n) is 18.0. The molecule has 0 aromatic rings. The Balaban J connectivity index is 4.75. The second-order valence-electron chi connectivity index (χ2n) is 13.7. The summed E-state index contributed by atoms with van der Waals surface area (Å²) in [6.07, 6.45) is 10.7. The van der Waals surface area contributed by atoms with Crippen molar-refractivity contribution in [3.63, 3.8) is 0 Å². The minimum absolute atomic E-state index is 0.0395. The number of hydrogen-bond donors (Lipinski definition) is 2. The Kier molecular flexibility index (Phi) is 24.3. The van der Waals surface area contributed by atoms with E-state index < -0.39 is 42.2 Å². The SMILES string of the molecule is CCCCCCOC(C)(C)C(=O)CN(CCN(CC(=O)O)CC(=O)OCCCCCC(=O)C(C)(C)OCC(CC)CCCC)CC(=O)O. The van der Waals surface area contributed by atoms with E-state index in [1.165, 1.54) is 9.80 Å². The van der Waals surface area contributed by atoms with Gasteiger partial charge in [-0.1, -0.05) is 59.3 Å². The summed E-state index contributed by atoms with van der Waals surface area (Å²) in [6, 6.07) is 0. The number of carboxylic acid groups (broad SMARTS) is 2. The van der Waals surface area contributed by atoms with Crippen LogP contribution in [0.3, 0.4) is 0 Å². The molecule has 2 N–H and O–H groups in total. The number of Topliss-reactive ketones (excluding diaryl/α,β-unsaturated/α-hetero) is 2. The molecule has 0 saturated carbocycles. The minimum Gasteiger partial charge on any atom is -0.480 e. The van der Waals surface area contributed by atoms with Crippen LogP contribution in [0, 0.1) is 5.92 Å². The number of esters is 1. The van der Waals surface area contributed by atoms with E-state index in [9.17, 15) is 34.2 Å². The van der Waals surface area contributed by atoms with Gasteiger partial charge in [-0.15, -0.1) is 0 Å². The fraction of sp³-hybridized carbons (Fsp3) is 0.861. The van der Waals surface area contributed by atoms with Crippen molar-refractivity contribution in [1.82, 2.24) is 9.80 Å². The van der Waals surface area contributed by atoms with Crippen LogP contribution in [0.1, 0.15) is 126 Å². The Labute approximate surface area is 289 Å². The first kappa shape index (κ1) is 45.6. The number of carbonyl (C=O) groups is 5. The predicted octanol–water partition coefficient (Wildman–Crippen LogP) is 5.39.